The van der Waals surface area contributed by atoms with Crippen molar-refractivity contribution in [2.24, 2.45) is 5.41 Å². The van der Waals surface area contributed by atoms with E-state index < -0.39 is 0 Å². The van der Waals surface area contributed by atoms with Gasteiger partial charge in [0.15, 0.2) is 5.82 Å². The second-order valence-corrected chi connectivity index (χ2v) is 5.59. The average molecular weight is 287 g/mol. The van der Waals surface area contributed by atoms with E-state index in [4.69, 9.17) is 16.3 Å². The Kier molecular flexibility index (Phi) is 6.31. The molecule has 0 aliphatic carbocycles. The summed E-state index contributed by atoms with van der Waals surface area (Å²) in [4.78, 5) is 8.46. The van der Waals surface area contributed by atoms with Crippen LogP contribution in [0.5, 0.6) is 0 Å². The molecule has 1 rings (SSSR count). The number of anilines is 2. The van der Waals surface area contributed by atoms with Gasteiger partial charge in [-0.15, -0.1) is 0 Å². The molecule has 0 amide bonds. The fraction of sp³-hybridized carbons (Fsp3) is 0.692. The van der Waals surface area contributed by atoms with Crippen LogP contribution in [0.15, 0.2) is 6.20 Å². The highest BCUT2D eigenvalue weighted by Crippen LogP contribution is 2.24. The zero-order valence-electron chi connectivity index (χ0n) is 12.1. The van der Waals surface area contributed by atoms with Gasteiger partial charge in [0, 0.05) is 26.8 Å². The van der Waals surface area contributed by atoms with Crippen molar-refractivity contribution in [3.05, 3.63) is 11.2 Å². The van der Waals surface area contributed by atoms with Gasteiger partial charge in [-0.3, -0.25) is 0 Å². The van der Waals surface area contributed by atoms with Crippen LogP contribution >= 0.6 is 11.6 Å². The standard InChI is InChI=1S/C13H23ClN4O/c1-5-15-12-16-8-10(14)11(18-12)17-9-13(2,3)6-7-19-4/h8H,5-7,9H2,1-4H3,(H2,15,16,17,18). The van der Waals surface area contributed by atoms with Crippen LogP contribution in [0.2, 0.25) is 5.02 Å². The summed E-state index contributed by atoms with van der Waals surface area (Å²) >= 11 is 6.09. The van der Waals surface area contributed by atoms with Gasteiger partial charge >= 0.3 is 0 Å². The average Bonchev–Trinajstić information content (AvgIpc) is 2.37. The summed E-state index contributed by atoms with van der Waals surface area (Å²) in [7, 11) is 1.72. The van der Waals surface area contributed by atoms with E-state index in [0.717, 1.165) is 26.1 Å². The van der Waals surface area contributed by atoms with Gasteiger partial charge in [-0.05, 0) is 18.8 Å². The molecule has 19 heavy (non-hydrogen) atoms. The molecule has 2 N–H and O–H groups in total. The molecule has 0 atom stereocenters. The molecule has 0 bridgehead atoms. The third-order valence-corrected chi connectivity index (χ3v) is 3.07. The van der Waals surface area contributed by atoms with Crippen LogP contribution in [0.3, 0.4) is 0 Å². The summed E-state index contributed by atoms with van der Waals surface area (Å²) in [5.41, 5.74) is 0.114. The second kappa shape index (κ2) is 7.50. The Bertz CT molecular complexity index is 398. The van der Waals surface area contributed by atoms with Gasteiger partial charge < -0.3 is 15.4 Å². The summed E-state index contributed by atoms with van der Waals surface area (Å²) < 4.78 is 5.12. The second-order valence-electron chi connectivity index (χ2n) is 5.18. The van der Waals surface area contributed by atoms with Crippen molar-refractivity contribution in [1.29, 1.82) is 0 Å². The number of nitrogens with one attached hydrogen (secondary N) is 2. The van der Waals surface area contributed by atoms with Crippen molar-refractivity contribution in [2.75, 3.05) is 37.4 Å². The van der Waals surface area contributed by atoms with Gasteiger partial charge in [0.05, 0.1) is 6.20 Å². The van der Waals surface area contributed by atoms with Crippen molar-refractivity contribution in [2.45, 2.75) is 27.2 Å². The molecule has 0 aliphatic heterocycles. The van der Waals surface area contributed by atoms with Gasteiger partial charge in [0.1, 0.15) is 5.02 Å². The molecule has 0 unspecified atom stereocenters. The van der Waals surface area contributed by atoms with Crippen LogP contribution in [0.1, 0.15) is 27.2 Å². The molecule has 1 heterocycles. The van der Waals surface area contributed by atoms with E-state index in [0.29, 0.717) is 16.8 Å². The van der Waals surface area contributed by atoms with E-state index >= 15 is 0 Å². The topological polar surface area (TPSA) is 59.1 Å². The lowest BCUT2D eigenvalue weighted by Gasteiger charge is -2.25. The van der Waals surface area contributed by atoms with E-state index in [-0.39, 0.29) is 5.41 Å². The number of aromatic nitrogens is 2. The monoisotopic (exact) mass is 286 g/mol. The largest absolute Gasteiger partial charge is 0.385 e. The molecule has 0 saturated carbocycles. The van der Waals surface area contributed by atoms with E-state index in [9.17, 15) is 0 Å². The number of methoxy groups -OCH3 is 1. The first-order chi connectivity index (χ1) is 8.98. The minimum absolute atomic E-state index is 0.114. The van der Waals surface area contributed by atoms with Crippen molar-refractivity contribution in [3.8, 4) is 0 Å². The van der Waals surface area contributed by atoms with Gasteiger partial charge in [-0.1, -0.05) is 25.4 Å². The Hall–Kier alpha value is -1.07. The summed E-state index contributed by atoms with van der Waals surface area (Å²) in [6.07, 6.45) is 2.58. The Morgan fingerprint density at radius 3 is 2.74 bits per heavy atom. The normalized spacial score (nSPS) is 11.4. The lowest BCUT2D eigenvalue weighted by atomic mass is 9.90. The maximum atomic E-state index is 6.09. The van der Waals surface area contributed by atoms with Crippen LogP contribution < -0.4 is 10.6 Å². The Labute approximate surface area is 120 Å². The molecule has 0 saturated heterocycles. The zero-order chi connectivity index (χ0) is 14.3. The third-order valence-electron chi connectivity index (χ3n) is 2.80. The van der Waals surface area contributed by atoms with E-state index in [1.54, 1.807) is 13.3 Å². The first-order valence-corrected chi connectivity index (χ1v) is 6.85. The minimum atomic E-state index is 0.114. The number of rotatable bonds is 8. The highest BCUT2D eigenvalue weighted by atomic mass is 35.5. The van der Waals surface area contributed by atoms with Crippen molar-refractivity contribution in [3.63, 3.8) is 0 Å². The number of nitrogens with zero attached hydrogens (tertiary/aromatic N) is 2. The molecule has 1 aromatic heterocycles. The summed E-state index contributed by atoms with van der Waals surface area (Å²) in [6, 6.07) is 0. The quantitative estimate of drug-likeness (QED) is 0.769. The Balaban J connectivity index is 2.63. The molecular formula is C13H23ClN4O. The van der Waals surface area contributed by atoms with Gasteiger partial charge in [0.25, 0.3) is 0 Å². The molecule has 0 aromatic carbocycles. The first kappa shape index (κ1) is 16.0. The maximum absolute atomic E-state index is 6.09. The Morgan fingerprint density at radius 1 is 1.37 bits per heavy atom. The number of ether oxygens (including phenoxy) is 1. The highest BCUT2D eigenvalue weighted by Gasteiger charge is 2.18. The van der Waals surface area contributed by atoms with Crippen LogP contribution in [-0.4, -0.2) is 36.8 Å². The predicted molar refractivity (Wildman–Crippen MR) is 80.0 cm³/mol. The first-order valence-electron chi connectivity index (χ1n) is 6.47. The van der Waals surface area contributed by atoms with E-state index in [1.165, 1.54) is 0 Å². The molecule has 0 radical (unpaired) electrons. The Morgan fingerprint density at radius 2 is 2.11 bits per heavy atom. The predicted octanol–water partition coefficient (Wildman–Crippen LogP) is 3.04. The molecule has 0 spiro atoms. The van der Waals surface area contributed by atoms with Gasteiger partial charge in [-0.2, -0.15) is 4.98 Å². The number of halogens is 1. The molecule has 5 nitrogen and oxygen atoms in total. The highest BCUT2D eigenvalue weighted by molar-refractivity contribution is 6.32. The van der Waals surface area contributed by atoms with Crippen molar-refractivity contribution < 1.29 is 4.74 Å². The van der Waals surface area contributed by atoms with Crippen LogP contribution in [0.25, 0.3) is 0 Å². The van der Waals surface area contributed by atoms with Crippen molar-refractivity contribution >= 4 is 23.4 Å². The smallest absolute Gasteiger partial charge is 0.224 e. The van der Waals surface area contributed by atoms with Crippen LogP contribution in [-0.2, 0) is 4.74 Å². The zero-order valence-corrected chi connectivity index (χ0v) is 12.8. The molecule has 108 valence electrons. The fourth-order valence-corrected chi connectivity index (χ4v) is 1.68. The van der Waals surface area contributed by atoms with Gasteiger partial charge in [0.2, 0.25) is 5.95 Å². The summed E-state index contributed by atoms with van der Waals surface area (Å²) in [6.45, 7) is 8.66. The molecular weight excluding hydrogens is 264 g/mol. The lowest BCUT2D eigenvalue weighted by Crippen LogP contribution is -2.25. The maximum Gasteiger partial charge on any atom is 0.224 e. The van der Waals surface area contributed by atoms with E-state index in [2.05, 4.69) is 34.4 Å². The SMILES string of the molecule is CCNc1ncc(Cl)c(NCC(C)(C)CCOC)n1. The number of hydrogen-bond acceptors (Lipinski definition) is 5. The molecule has 6 heteroatoms. The van der Waals surface area contributed by atoms with Gasteiger partial charge in [-0.25, -0.2) is 4.98 Å². The van der Waals surface area contributed by atoms with Crippen molar-refractivity contribution in [1.82, 2.24) is 9.97 Å². The van der Waals surface area contributed by atoms with E-state index in [1.807, 2.05) is 6.92 Å². The lowest BCUT2D eigenvalue weighted by molar-refractivity contribution is 0.157. The fourth-order valence-electron chi connectivity index (χ4n) is 1.52. The minimum Gasteiger partial charge on any atom is -0.385 e. The summed E-state index contributed by atoms with van der Waals surface area (Å²) in [5, 5.41) is 6.88. The number of hydrogen-bond donors (Lipinski definition) is 2. The summed E-state index contributed by atoms with van der Waals surface area (Å²) in [5.74, 6) is 1.25. The van der Waals surface area contributed by atoms with Crippen LogP contribution in [0, 0.1) is 5.41 Å². The molecule has 0 fully saturated rings. The molecule has 0 aliphatic rings. The van der Waals surface area contributed by atoms with Crippen LogP contribution in [0.4, 0.5) is 11.8 Å². The third kappa shape index (κ3) is 5.61. The molecule has 1 aromatic rings.